The predicted molar refractivity (Wildman–Crippen MR) is 85.8 cm³/mol. The lowest BCUT2D eigenvalue weighted by molar-refractivity contribution is -0.128. The van der Waals surface area contributed by atoms with Crippen molar-refractivity contribution in [2.24, 2.45) is 0 Å². The highest BCUT2D eigenvalue weighted by Crippen LogP contribution is 2.20. The number of hydrogen-bond donors (Lipinski definition) is 0. The number of piperazine rings is 1. The second kappa shape index (κ2) is 7.06. The minimum atomic E-state index is -0.230. The second-order valence-corrected chi connectivity index (χ2v) is 6.89. The molecule has 1 aliphatic rings. The molecule has 8 heteroatoms. The third kappa shape index (κ3) is 3.75. The van der Waals surface area contributed by atoms with E-state index in [0.29, 0.717) is 18.8 Å². The Morgan fingerprint density at radius 1 is 1.23 bits per heavy atom. The van der Waals surface area contributed by atoms with Crippen LogP contribution in [0.3, 0.4) is 0 Å². The highest BCUT2D eigenvalue weighted by molar-refractivity contribution is 8.01. The number of nitrogens with zero attached hydrogens (tertiary/aromatic N) is 4. The lowest BCUT2D eigenvalue weighted by Gasteiger charge is -2.36. The van der Waals surface area contributed by atoms with Gasteiger partial charge in [0.25, 0.3) is 0 Å². The highest BCUT2D eigenvalue weighted by atomic mass is 32.2. The van der Waals surface area contributed by atoms with Gasteiger partial charge in [0.05, 0.1) is 5.75 Å². The Morgan fingerprint density at radius 2 is 1.95 bits per heavy atom. The number of benzene rings is 1. The number of anilines is 1. The SMILES string of the molecule is O=C(CSc1nncs1)N1CCN(c2ccc(F)cc2)CC1. The molecule has 1 amide bonds. The molecule has 0 saturated carbocycles. The van der Waals surface area contributed by atoms with Crippen molar-refractivity contribution >= 4 is 34.7 Å². The van der Waals surface area contributed by atoms with Gasteiger partial charge in [-0.05, 0) is 24.3 Å². The van der Waals surface area contributed by atoms with E-state index >= 15 is 0 Å². The normalized spacial score (nSPS) is 15.1. The van der Waals surface area contributed by atoms with Crippen molar-refractivity contribution in [2.75, 3.05) is 36.8 Å². The van der Waals surface area contributed by atoms with Gasteiger partial charge in [-0.1, -0.05) is 23.1 Å². The van der Waals surface area contributed by atoms with E-state index in [-0.39, 0.29) is 11.7 Å². The molecule has 0 N–H and O–H groups in total. The Kier molecular flexibility index (Phi) is 4.89. The number of thioether (sulfide) groups is 1. The van der Waals surface area contributed by atoms with Crippen LogP contribution in [0.4, 0.5) is 10.1 Å². The third-order valence-corrected chi connectivity index (χ3v) is 5.33. The zero-order valence-electron chi connectivity index (χ0n) is 11.8. The van der Waals surface area contributed by atoms with Gasteiger partial charge in [0.1, 0.15) is 11.3 Å². The number of carbonyl (C=O) groups excluding carboxylic acids is 1. The zero-order chi connectivity index (χ0) is 15.4. The van der Waals surface area contributed by atoms with E-state index in [0.717, 1.165) is 23.1 Å². The molecule has 3 rings (SSSR count). The first-order valence-electron chi connectivity index (χ1n) is 6.89. The molecule has 0 bridgehead atoms. The van der Waals surface area contributed by atoms with E-state index in [1.807, 2.05) is 4.90 Å². The van der Waals surface area contributed by atoms with Gasteiger partial charge in [-0.3, -0.25) is 4.79 Å². The fourth-order valence-electron chi connectivity index (χ4n) is 2.31. The monoisotopic (exact) mass is 338 g/mol. The van der Waals surface area contributed by atoms with Crippen molar-refractivity contribution in [2.45, 2.75) is 4.34 Å². The van der Waals surface area contributed by atoms with E-state index in [2.05, 4.69) is 15.1 Å². The summed E-state index contributed by atoms with van der Waals surface area (Å²) in [6.45, 7) is 2.90. The quantitative estimate of drug-likeness (QED) is 0.799. The summed E-state index contributed by atoms with van der Waals surface area (Å²) in [7, 11) is 0. The molecule has 0 aliphatic carbocycles. The van der Waals surface area contributed by atoms with Crippen LogP contribution in [0.2, 0.25) is 0 Å². The predicted octanol–water partition coefficient (Wildman–Crippen LogP) is 2.12. The van der Waals surface area contributed by atoms with Crippen LogP contribution >= 0.6 is 23.1 Å². The van der Waals surface area contributed by atoms with Gasteiger partial charge in [0.2, 0.25) is 5.91 Å². The fourth-order valence-corrected chi connectivity index (χ4v) is 3.70. The summed E-state index contributed by atoms with van der Waals surface area (Å²) in [6, 6.07) is 6.48. The van der Waals surface area contributed by atoms with E-state index in [1.54, 1.807) is 17.6 Å². The Balaban J connectivity index is 1.48. The number of halogens is 1. The van der Waals surface area contributed by atoms with Crippen LogP contribution in [0.15, 0.2) is 34.1 Å². The molecule has 1 aromatic carbocycles. The van der Waals surface area contributed by atoms with Crippen molar-refractivity contribution in [3.8, 4) is 0 Å². The van der Waals surface area contributed by atoms with Crippen LogP contribution < -0.4 is 4.90 Å². The molecule has 1 aromatic heterocycles. The van der Waals surface area contributed by atoms with Gasteiger partial charge in [-0.25, -0.2) is 4.39 Å². The molecule has 1 fully saturated rings. The first-order chi connectivity index (χ1) is 10.7. The van der Waals surface area contributed by atoms with Crippen molar-refractivity contribution in [1.29, 1.82) is 0 Å². The number of rotatable bonds is 4. The molecule has 22 heavy (non-hydrogen) atoms. The first-order valence-corrected chi connectivity index (χ1v) is 8.76. The van der Waals surface area contributed by atoms with Crippen molar-refractivity contribution in [3.63, 3.8) is 0 Å². The summed E-state index contributed by atoms with van der Waals surface area (Å²) >= 11 is 2.87. The Hall–Kier alpha value is -1.67. The van der Waals surface area contributed by atoms with Crippen LogP contribution in [-0.2, 0) is 4.79 Å². The summed E-state index contributed by atoms with van der Waals surface area (Å²) in [5.41, 5.74) is 2.66. The van der Waals surface area contributed by atoms with Crippen molar-refractivity contribution in [1.82, 2.24) is 15.1 Å². The number of amides is 1. The van der Waals surface area contributed by atoms with Gasteiger partial charge in [-0.2, -0.15) is 0 Å². The molecule has 0 radical (unpaired) electrons. The van der Waals surface area contributed by atoms with Crippen LogP contribution in [-0.4, -0.2) is 52.9 Å². The molecule has 0 spiro atoms. The molecular weight excluding hydrogens is 323 g/mol. The maximum absolute atomic E-state index is 12.9. The number of carbonyl (C=O) groups is 1. The molecule has 0 unspecified atom stereocenters. The molecular formula is C14H15FN4OS2. The average Bonchev–Trinajstić information content (AvgIpc) is 3.07. The third-order valence-electron chi connectivity index (χ3n) is 3.48. The Morgan fingerprint density at radius 3 is 2.59 bits per heavy atom. The molecule has 1 aliphatic heterocycles. The van der Waals surface area contributed by atoms with Crippen LogP contribution in [0.1, 0.15) is 0 Å². The van der Waals surface area contributed by atoms with Crippen LogP contribution in [0.5, 0.6) is 0 Å². The van der Waals surface area contributed by atoms with E-state index < -0.39 is 0 Å². The largest absolute Gasteiger partial charge is 0.368 e. The van der Waals surface area contributed by atoms with E-state index in [4.69, 9.17) is 0 Å². The van der Waals surface area contributed by atoms with Gasteiger partial charge in [0, 0.05) is 31.9 Å². The average molecular weight is 338 g/mol. The van der Waals surface area contributed by atoms with Gasteiger partial charge >= 0.3 is 0 Å². The van der Waals surface area contributed by atoms with Gasteiger partial charge in [0.15, 0.2) is 4.34 Å². The standard InChI is InChI=1S/C14H15FN4OS2/c15-11-1-3-12(4-2-11)18-5-7-19(8-6-18)13(20)9-21-14-17-16-10-22-14/h1-4,10H,5-9H2. The summed E-state index contributed by atoms with van der Waals surface area (Å²) in [4.78, 5) is 16.2. The molecule has 2 aromatic rings. The van der Waals surface area contributed by atoms with E-state index in [1.165, 1.54) is 35.2 Å². The van der Waals surface area contributed by atoms with Crippen LogP contribution in [0.25, 0.3) is 0 Å². The number of aromatic nitrogens is 2. The minimum Gasteiger partial charge on any atom is -0.368 e. The Labute approximate surface area is 136 Å². The molecule has 1 saturated heterocycles. The Bertz CT molecular complexity index is 612. The summed E-state index contributed by atoms with van der Waals surface area (Å²) in [6.07, 6.45) is 0. The zero-order valence-corrected chi connectivity index (χ0v) is 13.4. The van der Waals surface area contributed by atoms with Crippen LogP contribution in [0, 0.1) is 5.82 Å². The molecule has 116 valence electrons. The smallest absolute Gasteiger partial charge is 0.233 e. The topological polar surface area (TPSA) is 49.3 Å². The van der Waals surface area contributed by atoms with Crippen molar-refractivity contribution in [3.05, 3.63) is 35.6 Å². The highest BCUT2D eigenvalue weighted by Gasteiger charge is 2.21. The summed E-state index contributed by atoms with van der Waals surface area (Å²) in [5.74, 6) is 0.288. The molecule has 2 heterocycles. The van der Waals surface area contributed by atoms with E-state index in [9.17, 15) is 9.18 Å². The lowest BCUT2D eigenvalue weighted by Crippen LogP contribution is -2.49. The second-order valence-electron chi connectivity index (χ2n) is 4.84. The van der Waals surface area contributed by atoms with Gasteiger partial charge < -0.3 is 9.80 Å². The number of hydrogen-bond acceptors (Lipinski definition) is 6. The maximum Gasteiger partial charge on any atom is 0.233 e. The molecule has 0 atom stereocenters. The van der Waals surface area contributed by atoms with Gasteiger partial charge in [-0.15, -0.1) is 10.2 Å². The molecule has 5 nitrogen and oxygen atoms in total. The minimum absolute atomic E-state index is 0.124. The fraction of sp³-hybridized carbons (Fsp3) is 0.357. The summed E-state index contributed by atoms with van der Waals surface area (Å²) < 4.78 is 13.8. The van der Waals surface area contributed by atoms with Crippen molar-refractivity contribution < 1.29 is 9.18 Å². The lowest BCUT2D eigenvalue weighted by atomic mass is 10.2. The maximum atomic E-state index is 12.9. The summed E-state index contributed by atoms with van der Waals surface area (Å²) in [5, 5.41) is 7.67. The first kappa shape index (κ1) is 15.2.